The summed E-state index contributed by atoms with van der Waals surface area (Å²) in [6.07, 6.45) is 0. The highest BCUT2D eigenvalue weighted by Gasteiger charge is 2.08. The van der Waals surface area contributed by atoms with Crippen LogP contribution >= 0.6 is 0 Å². The molecule has 134 valence electrons. The van der Waals surface area contributed by atoms with Crippen LogP contribution in [0.15, 0.2) is 48.5 Å². The van der Waals surface area contributed by atoms with Crippen LogP contribution in [0, 0.1) is 20.8 Å². The fourth-order valence-corrected chi connectivity index (χ4v) is 2.75. The molecule has 5 nitrogen and oxygen atoms in total. The van der Waals surface area contributed by atoms with E-state index in [9.17, 15) is 0 Å². The van der Waals surface area contributed by atoms with Gasteiger partial charge in [0.05, 0.1) is 12.3 Å². The summed E-state index contributed by atoms with van der Waals surface area (Å²) in [7, 11) is 0. The van der Waals surface area contributed by atoms with E-state index in [1.54, 1.807) is 0 Å². The molecule has 0 spiro atoms. The third kappa shape index (κ3) is 4.30. The SMILES string of the molecule is CCOc1ccccc1Nc1cc(C)nc(Nc2ccc(C)cc2C)n1. The van der Waals surface area contributed by atoms with Crippen molar-refractivity contribution >= 4 is 23.1 Å². The number of benzene rings is 2. The topological polar surface area (TPSA) is 59.1 Å². The van der Waals surface area contributed by atoms with Crippen molar-refractivity contribution in [3.63, 3.8) is 0 Å². The first-order valence-corrected chi connectivity index (χ1v) is 8.74. The lowest BCUT2D eigenvalue weighted by molar-refractivity contribution is 0.342. The first-order chi connectivity index (χ1) is 12.5. The Morgan fingerprint density at radius 2 is 1.69 bits per heavy atom. The summed E-state index contributed by atoms with van der Waals surface area (Å²) in [5.74, 6) is 2.08. The van der Waals surface area contributed by atoms with E-state index in [0.717, 1.165) is 34.2 Å². The van der Waals surface area contributed by atoms with Crippen molar-refractivity contribution in [1.82, 2.24) is 9.97 Å². The van der Waals surface area contributed by atoms with Gasteiger partial charge in [0, 0.05) is 17.4 Å². The zero-order valence-electron chi connectivity index (χ0n) is 15.6. The van der Waals surface area contributed by atoms with Crippen molar-refractivity contribution in [2.75, 3.05) is 17.2 Å². The van der Waals surface area contributed by atoms with Gasteiger partial charge in [-0.1, -0.05) is 29.8 Å². The third-order valence-electron chi connectivity index (χ3n) is 3.93. The van der Waals surface area contributed by atoms with Gasteiger partial charge in [-0.3, -0.25) is 0 Å². The van der Waals surface area contributed by atoms with Crippen molar-refractivity contribution in [2.45, 2.75) is 27.7 Å². The Labute approximate surface area is 154 Å². The summed E-state index contributed by atoms with van der Waals surface area (Å²) < 4.78 is 5.67. The number of ether oxygens (including phenoxy) is 1. The van der Waals surface area contributed by atoms with Gasteiger partial charge in [-0.05, 0) is 51.5 Å². The first-order valence-electron chi connectivity index (χ1n) is 8.74. The Morgan fingerprint density at radius 3 is 2.46 bits per heavy atom. The molecular weight excluding hydrogens is 324 g/mol. The highest BCUT2D eigenvalue weighted by Crippen LogP contribution is 2.28. The molecule has 3 rings (SSSR count). The molecule has 2 aromatic carbocycles. The van der Waals surface area contributed by atoms with Gasteiger partial charge in [0.15, 0.2) is 0 Å². The number of nitrogens with one attached hydrogen (secondary N) is 2. The number of rotatable bonds is 6. The minimum atomic E-state index is 0.563. The molecule has 1 heterocycles. The van der Waals surface area contributed by atoms with Crippen molar-refractivity contribution in [3.05, 3.63) is 65.4 Å². The van der Waals surface area contributed by atoms with Crippen molar-refractivity contribution in [3.8, 4) is 5.75 Å². The van der Waals surface area contributed by atoms with E-state index < -0.39 is 0 Å². The third-order valence-corrected chi connectivity index (χ3v) is 3.93. The van der Waals surface area contributed by atoms with Crippen LogP contribution in [0.5, 0.6) is 5.75 Å². The molecule has 0 bridgehead atoms. The lowest BCUT2D eigenvalue weighted by atomic mass is 10.1. The maximum absolute atomic E-state index is 5.67. The fraction of sp³-hybridized carbons (Fsp3) is 0.238. The number of aromatic nitrogens is 2. The van der Waals surface area contributed by atoms with Crippen LogP contribution in [0.4, 0.5) is 23.1 Å². The number of hydrogen-bond donors (Lipinski definition) is 2. The molecule has 2 N–H and O–H groups in total. The quantitative estimate of drug-likeness (QED) is 0.634. The minimum Gasteiger partial charge on any atom is -0.492 e. The molecule has 3 aromatic rings. The van der Waals surface area contributed by atoms with E-state index >= 15 is 0 Å². The molecule has 0 aliphatic carbocycles. The lowest BCUT2D eigenvalue weighted by Gasteiger charge is -2.14. The average molecular weight is 348 g/mol. The number of anilines is 4. The Balaban J connectivity index is 1.86. The Kier molecular flexibility index (Phi) is 5.37. The average Bonchev–Trinajstić information content (AvgIpc) is 2.59. The van der Waals surface area contributed by atoms with E-state index in [0.29, 0.717) is 12.6 Å². The van der Waals surface area contributed by atoms with Crippen molar-refractivity contribution < 1.29 is 4.74 Å². The highest BCUT2D eigenvalue weighted by atomic mass is 16.5. The van der Waals surface area contributed by atoms with Crippen molar-refractivity contribution in [2.24, 2.45) is 0 Å². The zero-order valence-corrected chi connectivity index (χ0v) is 15.6. The van der Waals surface area contributed by atoms with Gasteiger partial charge in [-0.2, -0.15) is 4.98 Å². The van der Waals surface area contributed by atoms with E-state index in [2.05, 4.69) is 46.6 Å². The van der Waals surface area contributed by atoms with Crippen LogP contribution < -0.4 is 15.4 Å². The maximum Gasteiger partial charge on any atom is 0.229 e. The van der Waals surface area contributed by atoms with Crippen LogP contribution in [0.1, 0.15) is 23.7 Å². The second-order valence-corrected chi connectivity index (χ2v) is 6.22. The standard InChI is InChI=1S/C21H24N4O/c1-5-26-19-9-7-6-8-18(19)23-20-13-16(4)22-21(25-20)24-17-11-10-14(2)12-15(17)3/h6-13H,5H2,1-4H3,(H2,22,23,24,25). The van der Waals surface area contributed by atoms with E-state index in [1.807, 2.05) is 50.2 Å². The summed E-state index contributed by atoms with van der Waals surface area (Å²) in [5.41, 5.74) is 5.15. The van der Waals surface area contributed by atoms with E-state index in [1.165, 1.54) is 5.56 Å². The summed E-state index contributed by atoms with van der Waals surface area (Å²) in [4.78, 5) is 9.10. The zero-order chi connectivity index (χ0) is 18.5. The second kappa shape index (κ2) is 7.87. The number of nitrogens with zero attached hydrogens (tertiary/aromatic N) is 2. The molecule has 1 aromatic heterocycles. The largest absolute Gasteiger partial charge is 0.492 e. The molecule has 26 heavy (non-hydrogen) atoms. The van der Waals surface area contributed by atoms with Gasteiger partial charge in [-0.25, -0.2) is 4.98 Å². The Hall–Kier alpha value is -3.08. The predicted molar refractivity (Wildman–Crippen MR) is 107 cm³/mol. The summed E-state index contributed by atoms with van der Waals surface area (Å²) in [6, 6.07) is 16.0. The van der Waals surface area contributed by atoms with Crippen LogP contribution in [-0.4, -0.2) is 16.6 Å². The second-order valence-electron chi connectivity index (χ2n) is 6.22. The number of hydrogen-bond acceptors (Lipinski definition) is 5. The Morgan fingerprint density at radius 1 is 0.885 bits per heavy atom. The summed E-state index contributed by atoms with van der Waals surface area (Å²) in [6.45, 7) is 8.69. The van der Waals surface area contributed by atoms with Crippen LogP contribution in [0.25, 0.3) is 0 Å². The van der Waals surface area contributed by atoms with Gasteiger partial charge in [0.25, 0.3) is 0 Å². The summed E-state index contributed by atoms with van der Waals surface area (Å²) >= 11 is 0. The molecule has 0 aliphatic rings. The molecule has 0 saturated carbocycles. The molecule has 5 heteroatoms. The molecular formula is C21H24N4O. The Bertz CT molecular complexity index is 908. The van der Waals surface area contributed by atoms with E-state index in [-0.39, 0.29) is 0 Å². The minimum absolute atomic E-state index is 0.563. The van der Waals surface area contributed by atoms with Crippen molar-refractivity contribution in [1.29, 1.82) is 0 Å². The highest BCUT2D eigenvalue weighted by molar-refractivity contribution is 5.66. The molecule has 0 unspecified atom stereocenters. The molecule has 0 atom stereocenters. The van der Waals surface area contributed by atoms with Gasteiger partial charge in [-0.15, -0.1) is 0 Å². The van der Waals surface area contributed by atoms with Gasteiger partial charge in [0.2, 0.25) is 5.95 Å². The van der Waals surface area contributed by atoms with Crippen LogP contribution in [0.2, 0.25) is 0 Å². The smallest absolute Gasteiger partial charge is 0.229 e. The fourth-order valence-electron chi connectivity index (χ4n) is 2.75. The van der Waals surface area contributed by atoms with Crippen LogP contribution in [-0.2, 0) is 0 Å². The lowest BCUT2D eigenvalue weighted by Crippen LogP contribution is -2.04. The first kappa shape index (κ1) is 17.7. The molecule has 0 aliphatic heterocycles. The van der Waals surface area contributed by atoms with Gasteiger partial charge < -0.3 is 15.4 Å². The molecule has 0 saturated heterocycles. The number of para-hydroxylation sites is 2. The number of aryl methyl sites for hydroxylation is 3. The monoisotopic (exact) mass is 348 g/mol. The summed E-state index contributed by atoms with van der Waals surface area (Å²) in [5, 5.41) is 6.64. The molecule has 0 amide bonds. The maximum atomic E-state index is 5.67. The predicted octanol–water partition coefficient (Wildman–Crippen LogP) is 5.29. The van der Waals surface area contributed by atoms with Gasteiger partial charge in [0.1, 0.15) is 11.6 Å². The molecule has 0 radical (unpaired) electrons. The normalized spacial score (nSPS) is 10.5. The van der Waals surface area contributed by atoms with Crippen LogP contribution in [0.3, 0.4) is 0 Å². The van der Waals surface area contributed by atoms with Gasteiger partial charge >= 0.3 is 0 Å². The van der Waals surface area contributed by atoms with E-state index in [4.69, 9.17) is 4.74 Å². The molecule has 0 fully saturated rings.